The van der Waals surface area contributed by atoms with E-state index in [1.807, 2.05) is 30.3 Å². The van der Waals surface area contributed by atoms with Crippen LogP contribution in [0.15, 0.2) is 33.8 Å². The normalized spacial score (nSPS) is 10.4. The number of nitrogens with one attached hydrogen (secondary N) is 1. The average molecular weight is 256 g/mol. The zero-order valence-corrected chi connectivity index (χ0v) is 10.5. The highest BCUT2D eigenvalue weighted by molar-refractivity contribution is 5.80. The predicted octanol–water partition coefficient (Wildman–Crippen LogP) is 2.31. The van der Waals surface area contributed by atoms with Crippen LogP contribution in [0, 0.1) is 18.3 Å². The molecule has 0 aliphatic rings. The van der Waals surface area contributed by atoms with Gasteiger partial charge in [-0.25, -0.2) is 10.4 Å². The number of ether oxygens (including phenoxy) is 1. The van der Waals surface area contributed by atoms with Crippen LogP contribution in [0.4, 0.5) is 5.88 Å². The van der Waals surface area contributed by atoms with E-state index in [-0.39, 0.29) is 11.6 Å². The second-order valence-electron chi connectivity index (χ2n) is 3.67. The maximum Gasteiger partial charge on any atom is 0.252 e. The SMILES string of the molecule is COc1ccc(/C=N/Nc2oc(C)nc2C#N)cc1. The second-order valence-corrected chi connectivity index (χ2v) is 3.67. The number of aryl methyl sites for hydroxylation is 1. The van der Waals surface area contributed by atoms with Crippen LogP contribution >= 0.6 is 0 Å². The van der Waals surface area contributed by atoms with Crippen molar-refractivity contribution in [3.63, 3.8) is 0 Å². The first-order valence-corrected chi connectivity index (χ1v) is 5.53. The van der Waals surface area contributed by atoms with E-state index in [0.717, 1.165) is 11.3 Å². The molecule has 0 aliphatic heterocycles. The van der Waals surface area contributed by atoms with Gasteiger partial charge in [-0.1, -0.05) is 0 Å². The fourth-order valence-corrected chi connectivity index (χ4v) is 1.43. The lowest BCUT2D eigenvalue weighted by atomic mass is 10.2. The van der Waals surface area contributed by atoms with Crippen LogP contribution in [-0.2, 0) is 0 Å². The van der Waals surface area contributed by atoms with E-state index in [9.17, 15) is 0 Å². The van der Waals surface area contributed by atoms with Crippen molar-refractivity contribution in [1.29, 1.82) is 5.26 Å². The Hall–Kier alpha value is -2.81. The van der Waals surface area contributed by atoms with Gasteiger partial charge in [0.15, 0.2) is 5.89 Å². The Morgan fingerprint density at radius 1 is 1.42 bits per heavy atom. The number of anilines is 1. The largest absolute Gasteiger partial charge is 0.497 e. The molecule has 0 aliphatic carbocycles. The van der Waals surface area contributed by atoms with Gasteiger partial charge in [-0.2, -0.15) is 10.4 Å². The minimum absolute atomic E-state index is 0.185. The lowest BCUT2D eigenvalue weighted by molar-refractivity contribution is 0.415. The molecule has 0 amide bonds. The Morgan fingerprint density at radius 2 is 2.16 bits per heavy atom. The first kappa shape index (κ1) is 12.6. The van der Waals surface area contributed by atoms with Crippen molar-refractivity contribution < 1.29 is 9.15 Å². The Bertz CT molecular complexity index is 623. The highest BCUT2D eigenvalue weighted by atomic mass is 16.5. The van der Waals surface area contributed by atoms with Gasteiger partial charge < -0.3 is 9.15 Å². The molecule has 0 saturated heterocycles. The monoisotopic (exact) mass is 256 g/mol. The van der Waals surface area contributed by atoms with Crippen molar-refractivity contribution in [2.45, 2.75) is 6.92 Å². The Balaban J connectivity index is 2.04. The van der Waals surface area contributed by atoms with Crippen LogP contribution in [0.25, 0.3) is 0 Å². The summed E-state index contributed by atoms with van der Waals surface area (Å²) in [5, 5.41) is 12.8. The molecule has 0 saturated carbocycles. The summed E-state index contributed by atoms with van der Waals surface area (Å²) in [4.78, 5) is 3.90. The molecule has 0 bridgehead atoms. The number of aromatic nitrogens is 1. The van der Waals surface area contributed by atoms with E-state index in [1.165, 1.54) is 0 Å². The van der Waals surface area contributed by atoms with E-state index in [2.05, 4.69) is 15.5 Å². The zero-order valence-electron chi connectivity index (χ0n) is 10.5. The number of hydrazone groups is 1. The fraction of sp³-hybridized carbons (Fsp3) is 0.154. The number of oxazole rings is 1. The number of methoxy groups -OCH3 is 1. The van der Waals surface area contributed by atoms with Gasteiger partial charge in [0.1, 0.15) is 11.8 Å². The van der Waals surface area contributed by atoms with E-state index in [1.54, 1.807) is 20.2 Å². The van der Waals surface area contributed by atoms with E-state index < -0.39 is 0 Å². The first-order chi connectivity index (χ1) is 9.22. The first-order valence-electron chi connectivity index (χ1n) is 5.53. The lowest BCUT2D eigenvalue weighted by Crippen LogP contribution is -1.91. The van der Waals surface area contributed by atoms with Crippen molar-refractivity contribution in [2.75, 3.05) is 12.5 Å². The predicted molar refractivity (Wildman–Crippen MR) is 70.2 cm³/mol. The topological polar surface area (TPSA) is 83.4 Å². The summed E-state index contributed by atoms with van der Waals surface area (Å²) in [7, 11) is 1.61. The summed E-state index contributed by atoms with van der Waals surface area (Å²) < 4.78 is 10.3. The molecule has 1 N–H and O–H groups in total. The Morgan fingerprint density at radius 3 is 2.79 bits per heavy atom. The third-order valence-corrected chi connectivity index (χ3v) is 2.34. The van der Waals surface area contributed by atoms with Crippen LogP contribution in [-0.4, -0.2) is 18.3 Å². The van der Waals surface area contributed by atoms with Crippen LogP contribution in [0.5, 0.6) is 5.75 Å². The molecule has 2 aromatic rings. The molecule has 0 radical (unpaired) electrons. The van der Waals surface area contributed by atoms with Crippen LogP contribution < -0.4 is 10.2 Å². The van der Waals surface area contributed by atoms with Crippen molar-refractivity contribution >= 4 is 12.1 Å². The molecular weight excluding hydrogens is 244 g/mol. The second kappa shape index (κ2) is 5.69. The van der Waals surface area contributed by atoms with Gasteiger partial charge in [-0.05, 0) is 29.8 Å². The van der Waals surface area contributed by atoms with Crippen molar-refractivity contribution in [2.24, 2.45) is 5.10 Å². The standard InChI is InChI=1S/C13H12N4O2/c1-9-16-12(7-14)13(19-9)17-15-8-10-3-5-11(18-2)6-4-10/h3-6,8,17H,1-2H3/b15-8+. The van der Waals surface area contributed by atoms with E-state index in [4.69, 9.17) is 14.4 Å². The van der Waals surface area contributed by atoms with E-state index >= 15 is 0 Å². The lowest BCUT2D eigenvalue weighted by Gasteiger charge is -1.99. The molecule has 2 rings (SSSR count). The molecule has 96 valence electrons. The minimum atomic E-state index is 0.185. The third-order valence-electron chi connectivity index (χ3n) is 2.34. The maximum absolute atomic E-state index is 8.83. The number of hydrogen-bond acceptors (Lipinski definition) is 6. The number of rotatable bonds is 4. The minimum Gasteiger partial charge on any atom is -0.497 e. The number of hydrogen-bond donors (Lipinski definition) is 1. The summed E-state index contributed by atoms with van der Waals surface area (Å²) in [6.07, 6.45) is 1.61. The highest BCUT2D eigenvalue weighted by Gasteiger charge is 2.08. The van der Waals surface area contributed by atoms with Gasteiger partial charge in [-0.3, -0.25) is 0 Å². The fourth-order valence-electron chi connectivity index (χ4n) is 1.43. The van der Waals surface area contributed by atoms with Gasteiger partial charge in [0.2, 0.25) is 5.69 Å². The summed E-state index contributed by atoms with van der Waals surface area (Å²) in [5.41, 5.74) is 3.72. The molecular formula is C13H12N4O2. The van der Waals surface area contributed by atoms with Gasteiger partial charge >= 0.3 is 0 Å². The van der Waals surface area contributed by atoms with Crippen LogP contribution in [0.2, 0.25) is 0 Å². The van der Waals surface area contributed by atoms with Gasteiger partial charge in [-0.15, -0.1) is 0 Å². The van der Waals surface area contributed by atoms with Crippen molar-refractivity contribution in [1.82, 2.24) is 4.98 Å². The molecule has 0 atom stereocenters. The van der Waals surface area contributed by atoms with Gasteiger partial charge in [0.05, 0.1) is 13.3 Å². The maximum atomic E-state index is 8.83. The molecule has 6 heteroatoms. The molecule has 1 heterocycles. The average Bonchev–Trinajstić information content (AvgIpc) is 2.80. The molecule has 0 fully saturated rings. The van der Waals surface area contributed by atoms with Crippen LogP contribution in [0.3, 0.4) is 0 Å². The van der Waals surface area contributed by atoms with Crippen molar-refractivity contribution in [3.8, 4) is 11.8 Å². The highest BCUT2D eigenvalue weighted by Crippen LogP contribution is 2.15. The zero-order chi connectivity index (χ0) is 13.7. The Labute approximate surface area is 110 Å². The summed E-state index contributed by atoms with van der Waals surface area (Å²) in [5.74, 6) is 1.44. The van der Waals surface area contributed by atoms with Gasteiger partial charge in [0, 0.05) is 6.92 Å². The molecule has 1 aromatic carbocycles. The molecule has 0 spiro atoms. The summed E-state index contributed by atoms with van der Waals surface area (Å²) in [6.45, 7) is 1.67. The number of nitrogens with zero attached hydrogens (tertiary/aromatic N) is 3. The van der Waals surface area contributed by atoms with E-state index in [0.29, 0.717) is 5.89 Å². The molecule has 6 nitrogen and oxygen atoms in total. The van der Waals surface area contributed by atoms with Crippen LogP contribution in [0.1, 0.15) is 17.1 Å². The third kappa shape index (κ3) is 3.10. The van der Waals surface area contributed by atoms with Crippen molar-refractivity contribution in [3.05, 3.63) is 41.4 Å². The summed E-state index contributed by atoms with van der Waals surface area (Å²) in [6, 6.07) is 9.31. The number of benzene rings is 1. The smallest absolute Gasteiger partial charge is 0.252 e. The Kier molecular flexibility index (Phi) is 3.78. The van der Waals surface area contributed by atoms with Gasteiger partial charge in [0.25, 0.3) is 5.88 Å². The summed E-state index contributed by atoms with van der Waals surface area (Å²) >= 11 is 0. The molecule has 19 heavy (non-hydrogen) atoms. The number of nitriles is 1. The quantitative estimate of drug-likeness (QED) is 0.670. The molecule has 1 aromatic heterocycles. The molecule has 0 unspecified atom stereocenters.